The number of hydrogen-bond donors (Lipinski definition) is 0. The number of nitriles is 1. The summed E-state index contributed by atoms with van der Waals surface area (Å²) >= 11 is 0. The molecule has 3 aromatic rings. The summed E-state index contributed by atoms with van der Waals surface area (Å²) in [6.07, 6.45) is 4.68. The van der Waals surface area contributed by atoms with E-state index in [4.69, 9.17) is 14.7 Å². The quantitative estimate of drug-likeness (QED) is 0.359. The second-order valence-electron chi connectivity index (χ2n) is 12.1. The number of piperazine rings is 1. The molecule has 43 heavy (non-hydrogen) atoms. The number of rotatable bonds is 8. The number of carbonyl (C=O) groups is 1. The van der Waals surface area contributed by atoms with Crippen molar-refractivity contribution in [1.82, 2.24) is 19.8 Å². The van der Waals surface area contributed by atoms with Gasteiger partial charge in [-0.15, -0.1) is 0 Å². The van der Waals surface area contributed by atoms with Crippen molar-refractivity contribution in [3.63, 3.8) is 0 Å². The van der Waals surface area contributed by atoms with Crippen molar-refractivity contribution >= 4 is 28.2 Å². The number of likely N-dealkylation sites (tertiary alicyclic amines) is 1. The van der Waals surface area contributed by atoms with E-state index >= 15 is 0 Å². The molecule has 9 nitrogen and oxygen atoms in total. The summed E-state index contributed by atoms with van der Waals surface area (Å²) < 4.78 is 6.39. The van der Waals surface area contributed by atoms with Crippen molar-refractivity contribution in [3.8, 4) is 12.1 Å². The zero-order valence-electron chi connectivity index (χ0n) is 25.3. The van der Waals surface area contributed by atoms with E-state index in [1.165, 1.54) is 29.0 Å². The van der Waals surface area contributed by atoms with Gasteiger partial charge in [0.15, 0.2) is 0 Å². The van der Waals surface area contributed by atoms with E-state index < -0.39 is 0 Å². The molecule has 3 aliphatic heterocycles. The highest BCUT2D eigenvalue weighted by molar-refractivity contribution is 5.94. The molecule has 0 aliphatic carbocycles. The molecule has 0 spiro atoms. The van der Waals surface area contributed by atoms with Crippen LogP contribution in [0.25, 0.3) is 10.8 Å². The van der Waals surface area contributed by atoms with Gasteiger partial charge in [-0.2, -0.15) is 15.2 Å². The first kappa shape index (κ1) is 28.9. The first-order valence-corrected chi connectivity index (χ1v) is 15.5. The molecule has 4 heterocycles. The molecule has 2 saturated heterocycles. The predicted octanol–water partition coefficient (Wildman–Crippen LogP) is 4.56. The molecule has 0 N–H and O–H groups in total. The monoisotopic (exact) mass is 579 g/mol. The van der Waals surface area contributed by atoms with E-state index in [1.807, 2.05) is 0 Å². The fourth-order valence-corrected chi connectivity index (χ4v) is 7.03. The van der Waals surface area contributed by atoms with Gasteiger partial charge >= 0.3 is 6.01 Å². The summed E-state index contributed by atoms with van der Waals surface area (Å²) in [6.45, 7) is 13.0. The second kappa shape index (κ2) is 12.6. The number of hydrogen-bond acceptors (Lipinski definition) is 8. The van der Waals surface area contributed by atoms with E-state index in [2.05, 4.69) is 83.7 Å². The van der Waals surface area contributed by atoms with Gasteiger partial charge in [0.25, 0.3) is 0 Å². The number of benzene rings is 2. The van der Waals surface area contributed by atoms with Crippen LogP contribution in [0.3, 0.4) is 0 Å². The van der Waals surface area contributed by atoms with Crippen LogP contribution in [0.1, 0.15) is 44.4 Å². The Hall–Kier alpha value is -4.16. The molecule has 0 saturated carbocycles. The fourth-order valence-electron chi connectivity index (χ4n) is 7.03. The lowest BCUT2D eigenvalue weighted by molar-refractivity contribution is -0.128. The van der Waals surface area contributed by atoms with E-state index in [9.17, 15) is 10.1 Å². The van der Waals surface area contributed by atoms with Crippen LogP contribution in [0.4, 0.5) is 11.5 Å². The Morgan fingerprint density at radius 3 is 2.74 bits per heavy atom. The summed E-state index contributed by atoms with van der Waals surface area (Å²) in [5.74, 6) is 0.740. The van der Waals surface area contributed by atoms with Crippen LogP contribution < -0.4 is 14.5 Å². The number of ether oxygens (including phenoxy) is 1. The standard InChI is InChI=1S/C34H41N7O2/c1-4-32(42)41-20-19-39(21-26(41)14-16-35)33-29-15-18-38(31-13-7-10-25-9-5-6-12-28(25)31)22-30(29)36-34(37-33)43-23-27-11-8-17-40(27)24(2)3/h4-7,9-10,12-13,24,26-27H,1,8,11,14-15,17-23H2,2-3H3/t26?,27-/m0/s1. The molecule has 1 amide bonds. The maximum absolute atomic E-state index is 12.6. The molecular weight excluding hydrogens is 538 g/mol. The van der Waals surface area contributed by atoms with Crippen molar-refractivity contribution in [2.75, 3.05) is 49.1 Å². The van der Waals surface area contributed by atoms with Crippen molar-refractivity contribution < 1.29 is 9.53 Å². The number of carbonyl (C=O) groups excluding carboxylic acids is 1. The molecular formula is C34H41N7O2. The Kier molecular flexibility index (Phi) is 8.48. The zero-order chi connectivity index (χ0) is 29.9. The summed E-state index contributed by atoms with van der Waals surface area (Å²) in [7, 11) is 0. The van der Waals surface area contributed by atoms with Crippen LogP contribution in [-0.2, 0) is 17.8 Å². The van der Waals surface area contributed by atoms with Crippen LogP contribution in [0.15, 0.2) is 55.1 Å². The minimum atomic E-state index is -0.229. The smallest absolute Gasteiger partial charge is 0.318 e. The van der Waals surface area contributed by atoms with E-state index in [-0.39, 0.29) is 18.4 Å². The van der Waals surface area contributed by atoms with Crippen molar-refractivity contribution in [3.05, 3.63) is 66.4 Å². The Morgan fingerprint density at radius 2 is 1.93 bits per heavy atom. The van der Waals surface area contributed by atoms with Gasteiger partial charge in [0, 0.05) is 54.9 Å². The number of nitrogens with zero attached hydrogens (tertiary/aromatic N) is 7. The molecule has 2 atom stereocenters. The Bertz CT molecular complexity index is 1530. The van der Waals surface area contributed by atoms with Gasteiger partial charge in [-0.05, 0) is 57.2 Å². The van der Waals surface area contributed by atoms with Crippen LogP contribution in [0, 0.1) is 11.3 Å². The molecule has 0 radical (unpaired) electrons. The largest absolute Gasteiger partial charge is 0.462 e. The predicted molar refractivity (Wildman–Crippen MR) is 169 cm³/mol. The average Bonchev–Trinajstić information content (AvgIpc) is 3.52. The summed E-state index contributed by atoms with van der Waals surface area (Å²) in [4.78, 5) is 31.5. The lowest BCUT2D eigenvalue weighted by atomic mass is 10.0. The van der Waals surface area contributed by atoms with Gasteiger partial charge in [0.1, 0.15) is 12.4 Å². The molecule has 2 fully saturated rings. The Labute approximate surface area is 254 Å². The lowest BCUT2D eigenvalue weighted by Crippen LogP contribution is -2.55. The highest BCUT2D eigenvalue weighted by Gasteiger charge is 2.34. The van der Waals surface area contributed by atoms with Gasteiger partial charge in [-0.1, -0.05) is 43.0 Å². The molecule has 224 valence electrons. The third-order valence-corrected chi connectivity index (χ3v) is 9.19. The third-order valence-electron chi connectivity index (χ3n) is 9.19. The Morgan fingerprint density at radius 1 is 1.09 bits per heavy atom. The normalized spacial score (nSPS) is 20.7. The topological polar surface area (TPSA) is 88.8 Å². The first-order chi connectivity index (χ1) is 21.0. The summed E-state index contributed by atoms with van der Waals surface area (Å²) in [6, 6.07) is 18.2. The SMILES string of the molecule is C=CC(=O)N1CCN(c2nc(OC[C@@H]3CCCN3C(C)C)nc3c2CCN(c2cccc4ccccc24)C3)CC1CC#N. The molecule has 9 heteroatoms. The fraction of sp³-hybridized carbons (Fsp3) is 0.471. The van der Waals surface area contributed by atoms with Crippen LogP contribution in [-0.4, -0.2) is 83.1 Å². The molecule has 1 aromatic heterocycles. The number of anilines is 2. The van der Waals surface area contributed by atoms with Gasteiger partial charge in [0.2, 0.25) is 5.91 Å². The third kappa shape index (κ3) is 5.89. The highest BCUT2D eigenvalue weighted by Crippen LogP contribution is 2.35. The maximum Gasteiger partial charge on any atom is 0.318 e. The molecule has 2 aromatic carbocycles. The van der Waals surface area contributed by atoms with Crippen LogP contribution in [0.5, 0.6) is 6.01 Å². The number of amides is 1. The minimum absolute atomic E-state index is 0.134. The van der Waals surface area contributed by atoms with Crippen molar-refractivity contribution in [2.24, 2.45) is 0 Å². The van der Waals surface area contributed by atoms with E-state index in [0.717, 1.165) is 43.0 Å². The summed E-state index contributed by atoms with van der Waals surface area (Å²) in [5, 5.41) is 12.0. The van der Waals surface area contributed by atoms with Gasteiger partial charge in [-0.3, -0.25) is 9.69 Å². The average molecular weight is 580 g/mol. The molecule has 1 unspecified atom stereocenters. The van der Waals surface area contributed by atoms with Gasteiger partial charge < -0.3 is 19.4 Å². The van der Waals surface area contributed by atoms with Gasteiger partial charge in [0.05, 0.1) is 30.8 Å². The maximum atomic E-state index is 12.6. The number of fused-ring (bicyclic) bond motifs is 2. The zero-order valence-corrected chi connectivity index (χ0v) is 25.3. The number of aromatic nitrogens is 2. The molecule has 6 rings (SSSR count). The van der Waals surface area contributed by atoms with E-state index in [0.29, 0.717) is 50.9 Å². The van der Waals surface area contributed by atoms with Crippen molar-refractivity contribution in [1.29, 1.82) is 5.26 Å². The molecule has 0 bridgehead atoms. The van der Waals surface area contributed by atoms with Crippen LogP contribution >= 0.6 is 0 Å². The van der Waals surface area contributed by atoms with E-state index in [1.54, 1.807) is 4.90 Å². The highest BCUT2D eigenvalue weighted by atomic mass is 16.5. The lowest BCUT2D eigenvalue weighted by Gasteiger charge is -2.42. The second-order valence-corrected chi connectivity index (χ2v) is 12.1. The first-order valence-electron chi connectivity index (χ1n) is 15.5. The van der Waals surface area contributed by atoms with Crippen molar-refractivity contribution in [2.45, 2.75) is 64.2 Å². The Balaban J connectivity index is 1.32. The van der Waals surface area contributed by atoms with Gasteiger partial charge in [-0.25, -0.2) is 0 Å². The summed E-state index contributed by atoms with van der Waals surface area (Å²) in [5.41, 5.74) is 3.32. The van der Waals surface area contributed by atoms with Crippen LogP contribution in [0.2, 0.25) is 0 Å². The minimum Gasteiger partial charge on any atom is -0.462 e. The molecule has 3 aliphatic rings.